The summed E-state index contributed by atoms with van der Waals surface area (Å²) in [6.45, 7) is 6.18. The second-order valence-electron chi connectivity index (χ2n) is 8.74. The fourth-order valence-electron chi connectivity index (χ4n) is 3.86. The quantitative estimate of drug-likeness (QED) is 0.365. The molecule has 1 aromatic carbocycles. The zero-order chi connectivity index (χ0) is 25.4. The number of halogens is 1. The number of para-hydroxylation sites is 1. The Kier molecular flexibility index (Phi) is 9.42. The second kappa shape index (κ2) is 12.5. The van der Waals surface area contributed by atoms with Gasteiger partial charge in [0.15, 0.2) is 0 Å². The first-order valence-corrected chi connectivity index (χ1v) is 12.2. The minimum absolute atomic E-state index is 0.216. The van der Waals surface area contributed by atoms with Crippen LogP contribution in [0.25, 0.3) is 0 Å². The van der Waals surface area contributed by atoms with E-state index in [-0.39, 0.29) is 23.7 Å². The summed E-state index contributed by atoms with van der Waals surface area (Å²) >= 11 is 0. The predicted octanol–water partition coefficient (Wildman–Crippen LogP) is 4.18. The van der Waals surface area contributed by atoms with E-state index >= 15 is 0 Å². The minimum atomic E-state index is -1.16. The van der Waals surface area contributed by atoms with Crippen LogP contribution in [0.5, 0.6) is 0 Å². The van der Waals surface area contributed by atoms with E-state index in [1.54, 1.807) is 38.4 Å². The van der Waals surface area contributed by atoms with Crippen LogP contribution in [0.3, 0.4) is 0 Å². The molecule has 8 nitrogen and oxygen atoms in total. The van der Waals surface area contributed by atoms with Crippen LogP contribution in [0.2, 0.25) is 0 Å². The van der Waals surface area contributed by atoms with Crippen molar-refractivity contribution in [3.05, 3.63) is 41.4 Å². The number of aliphatic hydroxyl groups excluding tert-OH is 1. The highest BCUT2D eigenvalue weighted by Gasteiger charge is 2.32. The molecule has 1 aliphatic heterocycles. The fraction of sp³-hybridized carbons (Fsp3) is 0.500. The van der Waals surface area contributed by atoms with Crippen molar-refractivity contribution >= 4 is 35.1 Å². The maximum Gasteiger partial charge on any atom is 0.271 e. The Morgan fingerprint density at radius 2 is 2.06 bits per heavy atom. The lowest BCUT2D eigenvalue weighted by Gasteiger charge is -2.18. The summed E-state index contributed by atoms with van der Waals surface area (Å²) in [5, 5.41) is 13.5. The molecule has 188 valence electrons. The molecule has 1 atom stereocenters. The van der Waals surface area contributed by atoms with E-state index in [1.165, 1.54) is 11.0 Å². The van der Waals surface area contributed by atoms with Gasteiger partial charge in [-0.25, -0.2) is 14.4 Å². The Bertz CT molecular complexity index is 1070. The molecule has 0 saturated heterocycles. The van der Waals surface area contributed by atoms with Crippen LogP contribution >= 0.6 is 0 Å². The molecule has 1 saturated carbocycles. The molecule has 0 bridgehead atoms. The van der Waals surface area contributed by atoms with Crippen LogP contribution in [0.1, 0.15) is 59.3 Å². The first-order chi connectivity index (χ1) is 16.9. The molecular formula is C26H35FN6O2. The summed E-state index contributed by atoms with van der Waals surface area (Å²) in [6, 6.07) is 6.77. The number of hydrogen-bond donors (Lipinski definition) is 2. The molecule has 1 heterocycles. The van der Waals surface area contributed by atoms with Crippen LogP contribution in [0.15, 0.2) is 55.5 Å². The SMILES string of the molecule is CCC/C(NC(CC(C)=NC1CC1)=Nc1ccccc1F)=C(\C=NC)CC1=NC(O)N(CC)C1=O. The van der Waals surface area contributed by atoms with Crippen molar-refractivity contribution < 1.29 is 14.3 Å². The van der Waals surface area contributed by atoms with Gasteiger partial charge >= 0.3 is 0 Å². The Hall–Kier alpha value is -3.20. The molecule has 1 fully saturated rings. The highest BCUT2D eigenvalue weighted by molar-refractivity contribution is 6.41. The second-order valence-corrected chi connectivity index (χ2v) is 8.74. The molecule has 0 spiro atoms. The lowest BCUT2D eigenvalue weighted by molar-refractivity contribution is -0.130. The predicted molar refractivity (Wildman–Crippen MR) is 139 cm³/mol. The average Bonchev–Trinajstić information content (AvgIpc) is 3.58. The van der Waals surface area contributed by atoms with E-state index in [1.807, 2.05) is 6.92 Å². The molecule has 9 heteroatoms. The van der Waals surface area contributed by atoms with Gasteiger partial charge in [-0.2, -0.15) is 0 Å². The first-order valence-electron chi connectivity index (χ1n) is 12.2. The van der Waals surface area contributed by atoms with Crippen LogP contribution in [-0.2, 0) is 4.79 Å². The lowest BCUT2D eigenvalue weighted by atomic mass is 10.0. The minimum Gasteiger partial charge on any atom is -0.355 e. The number of carbonyl (C=O) groups is 1. The van der Waals surface area contributed by atoms with Gasteiger partial charge in [-0.15, -0.1) is 0 Å². The van der Waals surface area contributed by atoms with Crippen LogP contribution < -0.4 is 5.32 Å². The van der Waals surface area contributed by atoms with Gasteiger partial charge in [0.25, 0.3) is 5.91 Å². The Balaban J connectivity index is 1.96. The van der Waals surface area contributed by atoms with E-state index in [9.17, 15) is 14.3 Å². The zero-order valence-corrected chi connectivity index (χ0v) is 21.0. The summed E-state index contributed by atoms with van der Waals surface area (Å²) in [5.41, 5.74) is 3.04. The smallest absolute Gasteiger partial charge is 0.271 e. The molecule has 2 N–H and O–H groups in total. The molecule has 1 aliphatic carbocycles. The van der Waals surface area contributed by atoms with E-state index in [2.05, 4.69) is 27.2 Å². The third kappa shape index (κ3) is 7.39. The number of allylic oxidation sites excluding steroid dienone is 2. The van der Waals surface area contributed by atoms with E-state index in [0.717, 1.165) is 36.2 Å². The van der Waals surface area contributed by atoms with Gasteiger partial charge < -0.3 is 10.4 Å². The van der Waals surface area contributed by atoms with Crippen molar-refractivity contribution in [2.75, 3.05) is 13.6 Å². The third-order valence-electron chi connectivity index (χ3n) is 5.71. The standard InChI is InChI=1S/C26H35FN6O2/c1-5-9-21(18(16-28-4)15-23-25(34)33(6-2)26(35)32-23)30-24(14-17(3)29-19-12-13-19)31-22-11-8-7-10-20(22)27/h7-8,10-11,16,19,26,35H,5-6,9,12-15H2,1-4H3,(H,30,31)/b21-18+,28-16?,29-17?. The number of hydrogen-bond acceptors (Lipinski definition) is 6. The van der Waals surface area contributed by atoms with Crippen molar-refractivity contribution in [2.45, 2.75) is 71.7 Å². The molecule has 2 aliphatic rings. The van der Waals surface area contributed by atoms with Gasteiger partial charge in [0, 0.05) is 44.1 Å². The summed E-state index contributed by atoms with van der Waals surface area (Å²) in [7, 11) is 1.66. The van der Waals surface area contributed by atoms with Crippen LogP contribution in [0, 0.1) is 5.82 Å². The highest BCUT2D eigenvalue weighted by atomic mass is 19.1. The number of amidine groups is 1. The van der Waals surface area contributed by atoms with Crippen molar-refractivity contribution in [3.63, 3.8) is 0 Å². The van der Waals surface area contributed by atoms with Crippen molar-refractivity contribution in [1.82, 2.24) is 10.2 Å². The maximum atomic E-state index is 14.4. The molecular weight excluding hydrogens is 447 g/mol. The largest absolute Gasteiger partial charge is 0.355 e. The molecule has 3 rings (SSSR count). The average molecular weight is 483 g/mol. The summed E-state index contributed by atoms with van der Waals surface area (Å²) in [4.78, 5) is 31.7. The number of amides is 1. The Morgan fingerprint density at radius 1 is 1.31 bits per heavy atom. The van der Waals surface area contributed by atoms with Gasteiger partial charge in [0.1, 0.15) is 23.1 Å². The number of rotatable bonds is 11. The highest BCUT2D eigenvalue weighted by Crippen LogP contribution is 2.24. The van der Waals surface area contributed by atoms with Crippen LogP contribution in [0.4, 0.5) is 10.1 Å². The molecule has 1 unspecified atom stereocenters. The third-order valence-corrected chi connectivity index (χ3v) is 5.71. The zero-order valence-electron chi connectivity index (χ0n) is 21.0. The van der Waals surface area contributed by atoms with E-state index in [4.69, 9.17) is 4.99 Å². The van der Waals surface area contributed by atoms with Gasteiger partial charge in [0.2, 0.25) is 6.35 Å². The monoisotopic (exact) mass is 482 g/mol. The molecule has 1 aromatic rings. The summed E-state index contributed by atoms with van der Waals surface area (Å²) in [6.07, 6.45) is 4.88. The number of nitrogens with zero attached hydrogens (tertiary/aromatic N) is 5. The van der Waals surface area contributed by atoms with Crippen molar-refractivity contribution in [3.8, 4) is 0 Å². The van der Waals surface area contributed by atoms with Gasteiger partial charge in [0.05, 0.1) is 6.04 Å². The number of aliphatic imine (C=N–C) groups is 4. The fourth-order valence-corrected chi connectivity index (χ4v) is 3.86. The van der Waals surface area contributed by atoms with Gasteiger partial charge in [-0.3, -0.25) is 19.7 Å². The number of benzene rings is 1. The van der Waals surface area contributed by atoms with Gasteiger partial charge in [-0.1, -0.05) is 25.5 Å². The molecule has 0 radical (unpaired) electrons. The number of aliphatic hydroxyl groups is 1. The van der Waals surface area contributed by atoms with Crippen molar-refractivity contribution in [1.29, 1.82) is 0 Å². The Morgan fingerprint density at radius 3 is 2.66 bits per heavy atom. The molecule has 35 heavy (non-hydrogen) atoms. The number of nitrogens with one attached hydrogen (secondary N) is 1. The molecule has 0 aromatic heterocycles. The lowest BCUT2D eigenvalue weighted by Crippen LogP contribution is -2.36. The van der Waals surface area contributed by atoms with Crippen molar-refractivity contribution in [2.24, 2.45) is 20.0 Å². The van der Waals surface area contributed by atoms with Crippen LogP contribution in [-0.4, -0.2) is 65.4 Å². The summed E-state index contributed by atoms with van der Waals surface area (Å²) in [5.74, 6) is -0.123. The molecule has 1 amide bonds. The van der Waals surface area contributed by atoms with E-state index in [0.29, 0.717) is 31.3 Å². The number of carbonyl (C=O) groups excluding carboxylic acids is 1. The summed E-state index contributed by atoms with van der Waals surface area (Å²) < 4.78 is 14.4. The first kappa shape index (κ1) is 26.4. The topological polar surface area (TPSA) is 102 Å². The Labute approximate surface area is 206 Å². The van der Waals surface area contributed by atoms with Gasteiger partial charge in [-0.05, 0) is 50.8 Å². The normalized spacial score (nSPS) is 19.9. The maximum absolute atomic E-state index is 14.4. The van der Waals surface area contributed by atoms with E-state index < -0.39 is 12.2 Å².